The summed E-state index contributed by atoms with van der Waals surface area (Å²) < 4.78 is 0.418. The molecule has 0 N–H and O–H groups in total. The zero-order valence-corrected chi connectivity index (χ0v) is 8.14. The highest BCUT2D eigenvalue weighted by molar-refractivity contribution is 8.35. The zero-order chi connectivity index (χ0) is 7.71. The van der Waals surface area contributed by atoms with Gasteiger partial charge in [-0.3, -0.25) is 0 Å². The van der Waals surface area contributed by atoms with Gasteiger partial charge in [0.15, 0.2) is 0 Å². The molecule has 0 bridgehead atoms. The molecule has 0 heterocycles. The van der Waals surface area contributed by atoms with Gasteiger partial charge in [-0.05, 0) is 23.0 Å². The minimum atomic E-state index is -0.586. The van der Waals surface area contributed by atoms with E-state index in [9.17, 15) is 0 Å². The Kier molecular flexibility index (Phi) is 2.63. The quantitative estimate of drug-likeness (QED) is 0.535. The molecule has 0 aliphatic rings. The fourth-order valence-electron chi connectivity index (χ4n) is 0.433. The van der Waals surface area contributed by atoms with E-state index < -0.39 is 10.0 Å². The van der Waals surface area contributed by atoms with Crippen molar-refractivity contribution in [3.05, 3.63) is 6.26 Å². The average molecular weight is 147 g/mol. The summed E-state index contributed by atoms with van der Waals surface area (Å²) in [4.78, 5) is 0. The van der Waals surface area contributed by atoms with Gasteiger partial charge >= 0.3 is 0 Å². The minimum Gasteiger partial charge on any atom is -0.239 e. The van der Waals surface area contributed by atoms with Crippen LogP contribution in [-0.4, -0.2) is 16.8 Å². The van der Waals surface area contributed by atoms with Crippen molar-refractivity contribution >= 4 is 10.0 Å². The van der Waals surface area contributed by atoms with Crippen molar-refractivity contribution in [1.82, 2.24) is 0 Å². The van der Waals surface area contributed by atoms with Crippen LogP contribution in [0.15, 0.2) is 0 Å². The Hall–Kier alpha value is 0.350. The Balaban J connectivity index is 4.14. The first-order valence-electron chi connectivity index (χ1n) is 3.40. The monoisotopic (exact) mass is 147 g/mol. The van der Waals surface area contributed by atoms with E-state index in [1.807, 2.05) is 0 Å². The van der Waals surface area contributed by atoms with Gasteiger partial charge in [0.1, 0.15) is 0 Å². The number of hydrogen-bond acceptors (Lipinski definition) is 0. The molecule has 0 nitrogen and oxygen atoms in total. The minimum absolute atomic E-state index is 0.418. The van der Waals surface area contributed by atoms with Gasteiger partial charge in [-0.2, -0.15) is 0 Å². The van der Waals surface area contributed by atoms with Crippen molar-refractivity contribution in [3.8, 4) is 0 Å². The number of rotatable bonds is 1. The molecule has 0 aromatic rings. The Bertz CT molecular complexity index is 87.2. The molecule has 9 heavy (non-hydrogen) atoms. The maximum atomic E-state index is 4.24. The van der Waals surface area contributed by atoms with Crippen LogP contribution in [0.4, 0.5) is 0 Å². The molecule has 0 aromatic carbocycles. The third-order valence-electron chi connectivity index (χ3n) is 2.12. The van der Waals surface area contributed by atoms with Crippen molar-refractivity contribution in [2.24, 2.45) is 0 Å². The highest BCUT2D eigenvalue weighted by atomic mass is 32.3. The molecule has 0 rings (SSSR count). The number of hydrogen-bond donors (Lipinski definition) is 0. The van der Waals surface area contributed by atoms with Crippen molar-refractivity contribution in [3.63, 3.8) is 0 Å². The second kappa shape index (κ2) is 2.53. The van der Waals surface area contributed by atoms with E-state index in [0.29, 0.717) is 4.75 Å². The van der Waals surface area contributed by atoms with Gasteiger partial charge in [0, 0.05) is 0 Å². The molecule has 1 heteroatoms. The van der Waals surface area contributed by atoms with Crippen LogP contribution in [0.3, 0.4) is 0 Å². The maximum Gasteiger partial charge on any atom is -0.00845 e. The lowest BCUT2D eigenvalue weighted by atomic mass is 10.3. The summed E-state index contributed by atoms with van der Waals surface area (Å²) in [5, 5.41) is 0. The first-order valence-corrected chi connectivity index (χ1v) is 5.78. The van der Waals surface area contributed by atoms with Crippen LogP contribution in [0, 0.1) is 6.26 Å². The molecular formula is C8H19S. The first kappa shape index (κ1) is 9.35. The van der Waals surface area contributed by atoms with E-state index in [4.69, 9.17) is 0 Å². The Morgan fingerprint density at radius 3 is 1.67 bits per heavy atom. The van der Waals surface area contributed by atoms with Crippen LogP contribution in [0.5, 0.6) is 0 Å². The Morgan fingerprint density at radius 1 is 1.33 bits per heavy atom. The standard InChI is InChI=1S/C8H19S/c1-7-9(5,6)8(2,3)4/h5,7H2,1-4,6H3. The fourth-order valence-corrected chi connectivity index (χ4v) is 1.30. The molecule has 57 valence electrons. The summed E-state index contributed by atoms with van der Waals surface area (Å²) in [5.41, 5.74) is 0. The van der Waals surface area contributed by atoms with Crippen molar-refractivity contribution in [1.29, 1.82) is 0 Å². The van der Waals surface area contributed by atoms with Crippen LogP contribution in [-0.2, 0) is 0 Å². The van der Waals surface area contributed by atoms with Crippen molar-refractivity contribution in [2.45, 2.75) is 32.4 Å². The third kappa shape index (κ3) is 2.21. The molecule has 0 aliphatic carbocycles. The predicted molar refractivity (Wildman–Crippen MR) is 49.2 cm³/mol. The lowest BCUT2D eigenvalue weighted by molar-refractivity contribution is 0.789. The van der Waals surface area contributed by atoms with Crippen molar-refractivity contribution < 1.29 is 0 Å². The maximum absolute atomic E-state index is 4.24. The van der Waals surface area contributed by atoms with E-state index in [-0.39, 0.29) is 0 Å². The largest absolute Gasteiger partial charge is 0.239 e. The molecule has 0 spiro atoms. The van der Waals surface area contributed by atoms with Crippen LogP contribution >= 0.6 is 10.0 Å². The summed E-state index contributed by atoms with van der Waals surface area (Å²) in [6.45, 7) is 9.06. The van der Waals surface area contributed by atoms with Gasteiger partial charge in [0.25, 0.3) is 0 Å². The summed E-state index contributed by atoms with van der Waals surface area (Å²) in [7, 11) is -0.586. The lowest BCUT2D eigenvalue weighted by Crippen LogP contribution is -2.23. The van der Waals surface area contributed by atoms with Crippen LogP contribution in [0.1, 0.15) is 27.7 Å². The molecule has 1 unspecified atom stereocenters. The molecule has 0 saturated heterocycles. The smallest absolute Gasteiger partial charge is 0.00845 e. The van der Waals surface area contributed by atoms with Crippen molar-refractivity contribution in [2.75, 3.05) is 12.0 Å². The summed E-state index contributed by atoms with van der Waals surface area (Å²) in [6.07, 6.45) is 6.54. The third-order valence-corrected chi connectivity index (χ3v) is 6.35. The Morgan fingerprint density at radius 2 is 1.67 bits per heavy atom. The molecule has 0 aliphatic heterocycles. The van der Waals surface area contributed by atoms with E-state index in [2.05, 4.69) is 40.2 Å². The van der Waals surface area contributed by atoms with Gasteiger partial charge in [0.2, 0.25) is 0 Å². The SMILES string of the molecule is [CH2]S(C)(CC)C(C)(C)C. The van der Waals surface area contributed by atoms with E-state index in [0.717, 1.165) is 0 Å². The highest BCUT2D eigenvalue weighted by Crippen LogP contribution is 2.53. The summed E-state index contributed by atoms with van der Waals surface area (Å²) >= 11 is 0. The van der Waals surface area contributed by atoms with Gasteiger partial charge in [-0.25, -0.2) is 10.0 Å². The van der Waals surface area contributed by atoms with Gasteiger partial charge in [-0.1, -0.05) is 27.7 Å². The molecule has 1 atom stereocenters. The van der Waals surface area contributed by atoms with Crippen LogP contribution in [0.25, 0.3) is 0 Å². The van der Waals surface area contributed by atoms with Gasteiger partial charge in [0.05, 0.1) is 0 Å². The summed E-state index contributed by atoms with van der Waals surface area (Å²) in [6, 6.07) is 0. The molecule has 0 fully saturated rings. The van der Waals surface area contributed by atoms with Gasteiger partial charge in [-0.15, -0.1) is 0 Å². The van der Waals surface area contributed by atoms with Crippen LogP contribution in [0.2, 0.25) is 0 Å². The first-order chi connectivity index (χ1) is 3.81. The molecule has 1 radical (unpaired) electrons. The van der Waals surface area contributed by atoms with E-state index >= 15 is 0 Å². The average Bonchev–Trinajstić information content (AvgIpc) is 1.64. The normalized spacial score (nSPS) is 15.8. The van der Waals surface area contributed by atoms with E-state index in [1.165, 1.54) is 5.75 Å². The predicted octanol–water partition coefficient (Wildman–Crippen LogP) is 3.03. The highest BCUT2D eigenvalue weighted by Gasteiger charge is 2.25. The van der Waals surface area contributed by atoms with E-state index in [1.54, 1.807) is 0 Å². The molecule has 0 saturated carbocycles. The zero-order valence-electron chi connectivity index (χ0n) is 7.32. The second-order valence-electron chi connectivity index (χ2n) is 3.68. The van der Waals surface area contributed by atoms with Crippen LogP contribution < -0.4 is 0 Å². The second-order valence-corrected chi connectivity index (χ2v) is 8.03. The molecule has 0 aromatic heterocycles. The Labute approximate surface area is 61.4 Å². The topological polar surface area (TPSA) is 0 Å². The fraction of sp³-hybridized carbons (Fsp3) is 0.875. The lowest BCUT2D eigenvalue weighted by Gasteiger charge is -2.43. The molecule has 0 amide bonds. The molecular weight excluding hydrogens is 128 g/mol. The summed E-state index contributed by atoms with van der Waals surface area (Å²) in [5.74, 6) is 1.23. The van der Waals surface area contributed by atoms with Gasteiger partial charge < -0.3 is 0 Å².